The number of rotatable bonds is 5. The average molecular weight is 268 g/mol. The van der Waals surface area contributed by atoms with Gasteiger partial charge in [-0.15, -0.1) is 23.5 Å². The van der Waals surface area contributed by atoms with Crippen LogP contribution in [0.3, 0.4) is 0 Å². The lowest BCUT2D eigenvalue weighted by molar-refractivity contribution is -0.181. The first-order chi connectivity index (χ1) is 7.61. The molecule has 16 heavy (non-hydrogen) atoms. The molecule has 0 aromatic heterocycles. The Morgan fingerprint density at radius 2 is 1.69 bits per heavy atom. The summed E-state index contributed by atoms with van der Waals surface area (Å²) >= 11 is 3.40. The van der Waals surface area contributed by atoms with Crippen LogP contribution in [0.5, 0.6) is 0 Å². The lowest BCUT2D eigenvalue weighted by atomic mass is 10.0. The van der Waals surface area contributed by atoms with E-state index in [1.807, 2.05) is 13.8 Å². The topological polar surface area (TPSA) is 69.9 Å². The molecular weight excluding hydrogens is 248 g/mol. The molecule has 1 rings (SSSR count). The molecule has 4 nitrogen and oxygen atoms in total. The molecule has 1 heterocycles. The summed E-state index contributed by atoms with van der Waals surface area (Å²) in [5.41, 5.74) is 0. The lowest BCUT2D eigenvalue weighted by Crippen LogP contribution is -2.55. The van der Waals surface area contributed by atoms with Crippen molar-refractivity contribution in [3.63, 3.8) is 0 Å². The second kappa shape index (κ2) is 7.08. The van der Waals surface area contributed by atoms with Gasteiger partial charge in [0.25, 0.3) is 0 Å². The van der Waals surface area contributed by atoms with Crippen LogP contribution >= 0.6 is 23.5 Å². The molecule has 3 N–H and O–H groups in total. The molecule has 1 aliphatic rings. The van der Waals surface area contributed by atoms with Crippen molar-refractivity contribution in [2.75, 3.05) is 18.1 Å². The van der Waals surface area contributed by atoms with Crippen LogP contribution in [-0.4, -0.2) is 62.4 Å². The Morgan fingerprint density at radius 1 is 1.12 bits per heavy atom. The molecular formula is C10H20O4S2. The third-order valence-electron chi connectivity index (χ3n) is 2.47. The fourth-order valence-electron chi connectivity index (χ4n) is 1.63. The Morgan fingerprint density at radius 3 is 2.19 bits per heavy atom. The van der Waals surface area contributed by atoms with Crippen molar-refractivity contribution in [3.8, 4) is 0 Å². The largest absolute Gasteiger partial charge is 0.388 e. The summed E-state index contributed by atoms with van der Waals surface area (Å²) in [5.74, 6) is 1.87. The van der Waals surface area contributed by atoms with Crippen molar-refractivity contribution in [2.45, 2.75) is 42.8 Å². The predicted octanol–water partition coefficient (Wildman–Crippen LogP) is 0.300. The monoisotopic (exact) mass is 268 g/mol. The van der Waals surface area contributed by atoms with Crippen molar-refractivity contribution < 1.29 is 20.1 Å². The maximum absolute atomic E-state index is 9.87. The maximum atomic E-state index is 9.87. The molecule has 1 saturated heterocycles. The number of hydrogen-bond donors (Lipinski definition) is 3. The highest BCUT2D eigenvalue weighted by molar-refractivity contribution is 8.17. The SMILES string of the molecule is CCSC(SCC)[C@H]1OC[C@@H](O)[C@H](O)[C@@H]1O. The number of ether oxygens (including phenoxy) is 1. The van der Waals surface area contributed by atoms with Gasteiger partial charge in [-0.25, -0.2) is 0 Å². The fourth-order valence-corrected chi connectivity index (χ4v) is 4.35. The summed E-state index contributed by atoms with van der Waals surface area (Å²) in [6.45, 7) is 4.19. The van der Waals surface area contributed by atoms with Gasteiger partial charge in [0.2, 0.25) is 0 Å². The molecule has 0 aliphatic carbocycles. The minimum atomic E-state index is -1.10. The molecule has 0 saturated carbocycles. The number of aliphatic hydroxyl groups excluding tert-OH is 3. The molecule has 0 aromatic rings. The van der Waals surface area contributed by atoms with Gasteiger partial charge in [0, 0.05) is 0 Å². The van der Waals surface area contributed by atoms with E-state index in [4.69, 9.17) is 4.74 Å². The van der Waals surface area contributed by atoms with Gasteiger partial charge in [0.15, 0.2) is 0 Å². The van der Waals surface area contributed by atoms with E-state index in [9.17, 15) is 15.3 Å². The van der Waals surface area contributed by atoms with Gasteiger partial charge in [-0.1, -0.05) is 13.8 Å². The third-order valence-corrected chi connectivity index (χ3v) is 5.15. The van der Waals surface area contributed by atoms with Gasteiger partial charge >= 0.3 is 0 Å². The normalized spacial score (nSPS) is 35.6. The smallest absolute Gasteiger partial charge is 0.111 e. The predicted molar refractivity (Wildman–Crippen MR) is 67.8 cm³/mol. The minimum Gasteiger partial charge on any atom is -0.388 e. The quantitative estimate of drug-likeness (QED) is 0.623. The van der Waals surface area contributed by atoms with E-state index in [1.54, 1.807) is 23.5 Å². The summed E-state index contributed by atoms with van der Waals surface area (Å²) in [7, 11) is 0. The zero-order valence-electron chi connectivity index (χ0n) is 9.57. The van der Waals surface area contributed by atoms with Gasteiger partial charge in [-0.2, -0.15) is 0 Å². The van der Waals surface area contributed by atoms with E-state index in [0.717, 1.165) is 11.5 Å². The van der Waals surface area contributed by atoms with E-state index >= 15 is 0 Å². The van der Waals surface area contributed by atoms with Gasteiger partial charge in [0.05, 0.1) is 11.2 Å². The van der Waals surface area contributed by atoms with Crippen LogP contribution in [0.2, 0.25) is 0 Å². The number of hydrogen-bond acceptors (Lipinski definition) is 6. The molecule has 0 radical (unpaired) electrons. The molecule has 0 bridgehead atoms. The van der Waals surface area contributed by atoms with E-state index in [2.05, 4.69) is 0 Å². The molecule has 0 unspecified atom stereocenters. The highest BCUT2D eigenvalue weighted by Gasteiger charge is 2.41. The van der Waals surface area contributed by atoms with E-state index in [0.29, 0.717) is 0 Å². The molecule has 1 fully saturated rings. The maximum Gasteiger partial charge on any atom is 0.111 e. The highest BCUT2D eigenvalue weighted by atomic mass is 32.2. The lowest BCUT2D eigenvalue weighted by Gasteiger charge is -2.38. The third kappa shape index (κ3) is 3.51. The molecule has 6 heteroatoms. The van der Waals surface area contributed by atoms with Gasteiger partial charge in [-0.05, 0) is 11.5 Å². The number of thioether (sulfide) groups is 2. The molecule has 96 valence electrons. The number of aliphatic hydroxyl groups is 3. The summed E-state index contributed by atoms with van der Waals surface area (Å²) in [4.78, 5) is 0. The summed E-state index contributed by atoms with van der Waals surface area (Å²) in [5, 5.41) is 28.8. The van der Waals surface area contributed by atoms with Crippen LogP contribution in [0.25, 0.3) is 0 Å². The zero-order valence-corrected chi connectivity index (χ0v) is 11.2. The van der Waals surface area contributed by atoms with Crippen LogP contribution < -0.4 is 0 Å². The van der Waals surface area contributed by atoms with Gasteiger partial charge in [-0.3, -0.25) is 0 Å². The zero-order chi connectivity index (χ0) is 12.1. The van der Waals surface area contributed by atoms with E-state index in [-0.39, 0.29) is 11.2 Å². The standard InChI is InChI=1S/C10H20O4S2/c1-3-15-10(16-4-2)9-8(13)7(12)6(11)5-14-9/h6-13H,3-5H2,1-2H3/t6-,7+,8+,9+/m1/s1. The highest BCUT2D eigenvalue weighted by Crippen LogP contribution is 2.33. The molecule has 0 amide bonds. The Kier molecular flexibility index (Phi) is 6.46. The van der Waals surface area contributed by atoms with Crippen LogP contribution in [0.1, 0.15) is 13.8 Å². The summed E-state index contributed by atoms with van der Waals surface area (Å²) in [6, 6.07) is 0. The first-order valence-electron chi connectivity index (χ1n) is 5.50. The first-order valence-corrected chi connectivity index (χ1v) is 7.60. The Hall–Kier alpha value is 0.540. The van der Waals surface area contributed by atoms with Crippen LogP contribution in [0.15, 0.2) is 0 Å². The Balaban J connectivity index is 2.61. The Bertz CT molecular complexity index is 199. The van der Waals surface area contributed by atoms with Crippen molar-refractivity contribution >= 4 is 23.5 Å². The van der Waals surface area contributed by atoms with Crippen LogP contribution in [-0.2, 0) is 4.74 Å². The second-order valence-electron chi connectivity index (χ2n) is 3.63. The van der Waals surface area contributed by atoms with Crippen molar-refractivity contribution in [3.05, 3.63) is 0 Å². The fraction of sp³-hybridized carbons (Fsp3) is 1.00. The molecule has 0 aromatic carbocycles. The van der Waals surface area contributed by atoms with Crippen molar-refractivity contribution in [1.29, 1.82) is 0 Å². The van der Waals surface area contributed by atoms with Gasteiger partial charge < -0.3 is 20.1 Å². The summed E-state index contributed by atoms with van der Waals surface area (Å²) in [6.07, 6.45) is -3.50. The second-order valence-corrected chi connectivity index (χ2v) is 6.76. The van der Waals surface area contributed by atoms with Crippen LogP contribution in [0.4, 0.5) is 0 Å². The van der Waals surface area contributed by atoms with Crippen molar-refractivity contribution in [2.24, 2.45) is 0 Å². The van der Waals surface area contributed by atoms with Crippen molar-refractivity contribution in [1.82, 2.24) is 0 Å². The first kappa shape index (κ1) is 14.6. The van der Waals surface area contributed by atoms with Gasteiger partial charge in [0.1, 0.15) is 24.4 Å². The van der Waals surface area contributed by atoms with E-state index < -0.39 is 24.4 Å². The molecule has 4 atom stereocenters. The Labute approximate surface area is 105 Å². The minimum absolute atomic E-state index is 0.0912. The molecule has 0 spiro atoms. The average Bonchev–Trinajstić information content (AvgIpc) is 2.26. The van der Waals surface area contributed by atoms with E-state index in [1.165, 1.54) is 0 Å². The van der Waals surface area contributed by atoms with Crippen LogP contribution in [0, 0.1) is 0 Å². The molecule has 1 aliphatic heterocycles. The summed E-state index contributed by atoms with van der Waals surface area (Å²) < 4.78 is 5.54.